The first kappa shape index (κ1) is 18.8. The highest BCUT2D eigenvalue weighted by molar-refractivity contribution is 5.53. The van der Waals surface area contributed by atoms with E-state index in [1.165, 1.54) is 11.1 Å². The highest BCUT2D eigenvalue weighted by atomic mass is 16.5. The normalized spacial score (nSPS) is 18.7. The summed E-state index contributed by atoms with van der Waals surface area (Å²) >= 11 is 0. The molecule has 0 bridgehead atoms. The van der Waals surface area contributed by atoms with Crippen molar-refractivity contribution in [3.63, 3.8) is 0 Å². The van der Waals surface area contributed by atoms with Crippen molar-refractivity contribution in [1.29, 1.82) is 0 Å². The average molecular weight is 384 g/mol. The minimum Gasteiger partial charge on any atom is -0.493 e. The second-order valence-corrected chi connectivity index (χ2v) is 7.35. The lowest BCUT2D eigenvalue weighted by molar-refractivity contribution is 0.120. The minimum atomic E-state index is 0.261. The van der Waals surface area contributed by atoms with Gasteiger partial charge in [-0.25, -0.2) is 4.98 Å². The molecule has 1 saturated heterocycles. The van der Waals surface area contributed by atoms with Gasteiger partial charge in [-0.3, -0.25) is 0 Å². The van der Waals surface area contributed by atoms with Crippen LogP contribution >= 0.6 is 0 Å². The van der Waals surface area contributed by atoms with Gasteiger partial charge in [-0.15, -0.1) is 0 Å². The van der Waals surface area contributed by atoms with Crippen LogP contribution in [0, 0.1) is 6.92 Å². The largest absolute Gasteiger partial charge is 0.493 e. The number of fused-ring (bicyclic) bond motifs is 1. The molecule has 2 aliphatic heterocycles. The van der Waals surface area contributed by atoms with Crippen molar-refractivity contribution in [1.82, 2.24) is 9.97 Å². The number of rotatable bonds is 6. The van der Waals surface area contributed by atoms with E-state index in [1.54, 1.807) is 14.2 Å². The quantitative estimate of drug-likeness (QED) is 0.821. The Bertz CT molecular complexity index is 837. The second kappa shape index (κ2) is 8.22. The van der Waals surface area contributed by atoms with E-state index in [2.05, 4.69) is 27.3 Å². The van der Waals surface area contributed by atoms with Crippen molar-refractivity contribution < 1.29 is 14.2 Å². The summed E-state index contributed by atoms with van der Waals surface area (Å²) in [5, 5.41) is 3.35. The third-order valence-corrected chi connectivity index (χ3v) is 5.39. The molecule has 2 aliphatic rings. The van der Waals surface area contributed by atoms with Gasteiger partial charge >= 0.3 is 0 Å². The molecule has 0 aliphatic carbocycles. The second-order valence-electron chi connectivity index (χ2n) is 7.35. The summed E-state index contributed by atoms with van der Waals surface area (Å²) in [5.74, 6) is 3.17. The SMILES string of the molecule is COc1cc2c(cc1OC)CN(c1cc(C)nc(NCC3CCCO3)n1)CC2. The average Bonchev–Trinajstić information content (AvgIpc) is 3.24. The Hall–Kier alpha value is -2.54. The Labute approximate surface area is 166 Å². The fourth-order valence-corrected chi connectivity index (χ4v) is 3.88. The fraction of sp³-hybridized carbons (Fsp3) is 0.524. The van der Waals surface area contributed by atoms with Crippen molar-refractivity contribution in [3.05, 3.63) is 35.0 Å². The summed E-state index contributed by atoms with van der Waals surface area (Å²) in [6.07, 6.45) is 3.43. The molecule has 0 amide bonds. The summed E-state index contributed by atoms with van der Waals surface area (Å²) in [4.78, 5) is 11.6. The van der Waals surface area contributed by atoms with E-state index in [9.17, 15) is 0 Å². The minimum absolute atomic E-state index is 0.261. The van der Waals surface area contributed by atoms with E-state index >= 15 is 0 Å². The third kappa shape index (κ3) is 3.99. The molecule has 4 rings (SSSR count). The number of aromatic nitrogens is 2. The number of aryl methyl sites for hydroxylation is 1. The van der Waals surface area contributed by atoms with Gasteiger partial charge in [0.25, 0.3) is 0 Å². The van der Waals surface area contributed by atoms with E-state index in [0.29, 0.717) is 5.95 Å². The molecule has 1 N–H and O–H groups in total. The van der Waals surface area contributed by atoms with Crippen LogP contribution in [0.5, 0.6) is 11.5 Å². The van der Waals surface area contributed by atoms with Crippen LogP contribution in [0.4, 0.5) is 11.8 Å². The number of benzene rings is 1. The van der Waals surface area contributed by atoms with Crippen molar-refractivity contribution >= 4 is 11.8 Å². The molecule has 1 unspecified atom stereocenters. The highest BCUT2D eigenvalue weighted by Gasteiger charge is 2.21. The Morgan fingerprint density at radius 1 is 1.14 bits per heavy atom. The molecule has 1 fully saturated rings. The van der Waals surface area contributed by atoms with Gasteiger partial charge in [0.15, 0.2) is 11.5 Å². The van der Waals surface area contributed by atoms with Gasteiger partial charge in [0, 0.05) is 38.0 Å². The molecule has 0 saturated carbocycles. The zero-order valence-electron chi connectivity index (χ0n) is 16.8. The lowest BCUT2D eigenvalue weighted by Crippen LogP contribution is -2.31. The molecule has 1 aromatic heterocycles. The Kier molecular flexibility index (Phi) is 5.52. The number of nitrogens with zero attached hydrogens (tertiary/aromatic N) is 3. The molecule has 150 valence electrons. The van der Waals surface area contributed by atoms with Crippen LogP contribution in [0.3, 0.4) is 0 Å². The van der Waals surface area contributed by atoms with Crippen LogP contribution in [0.15, 0.2) is 18.2 Å². The van der Waals surface area contributed by atoms with Gasteiger partial charge in [0.05, 0.1) is 20.3 Å². The monoisotopic (exact) mass is 384 g/mol. The van der Waals surface area contributed by atoms with Gasteiger partial charge in [-0.2, -0.15) is 4.98 Å². The van der Waals surface area contributed by atoms with Crippen molar-refractivity contribution in [2.75, 3.05) is 44.1 Å². The number of methoxy groups -OCH3 is 2. The Balaban J connectivity index is 1.51. The number of nitrogens with one attached hydrogen (secondary N) is 1. The number of hydrogen-bond donors (Lipinski definition) is 1. The van der Waals surface area contributed by atoms with Crippen LogP contribution in [-0.2, 0) is 17.7 Å². The van der Waals surface area contributed by atoms with Crippen molar-refractivity contribution in [3.8, 4) is 11.5 Å². The van der Waals surface area contributed by atoms with Crippen LogP contribution in [0.25, 0.3) is 0 Å². The maximum Gasteiger partial charge on any atom is 0.224 e. The van der Waals surface area contributed by atoms with Crippen LogP contribution in [0.1, 0.15) is 29.7 Å². The summed E-state index contributed by atoms with van der Waals surface area (Å²) < 4.78 is 16.6. The van der Waals surface area contributed by atoms with Crippen molar-refractivity contribution in [2.24, 2.45) is 0 Å². The Morgan fingerprint density at radius 2 is 1.93 bits per heavy atom. The molecule has 3 heterocycles. The molecular formula is C21H28N4O3. The number of anilines is 2. The molecule has 1 atom stereocenters. The van der Waals surface area contributed by atoms with E-state index in [0.717, 1.165) is 68.5 Å². The first-order valence-electron chi connectivity index (χ1n) is 9.86. The van der Waals surface area contributed by atoms with E-state index in [-0.39, 0.29) is 6.10 Å². The summed E-state index contributed by atoms with van der Waals surface area (Å²) in [6, 6.07) is 6.21. The topological polar surface area (TPSA) is 68.7 Å². The molecule has 0 spiro atoms. The van der Waals surface area contributed by atoms with Gasteiger partial charge in [0.1, 0.15) is 5.82 Å². The highest BCUT2D eigenvalue weighted by Crippen LogP contribution is 2.34. The van der Waals surface area contributed by atoms with Crippen LogP contribution < -0.4 is 19.7 Å². The zero-order chi connectivity index (χ0) is 19.5. The molecule has 0 radical (unpaired) electrons. The standard InChI is InChI=1S/C21H28N4O3/c1-14-9-20(24-21(23-14)22-12-17-5-4-8-28-17)25-7-6-15-10-18(26-2)19(27-3)11-16(15)13-25/h9-11,17H,4-8,12-13H2,1-3H3,(H,22,23,24). The first-order chi connectivity index (χ1) is 13.7. The van der Waals surface area contributed by atoms with E-state index in [4.69, 9.17) is 19.2 Å². The molecular weight excluding hydrogens is 356 g/mol. The summed E-state index contributed by atoms with van der Waals surface area (Å²) in [7, 11) is 3.35. The third-order valence-electron chi connectivity index (χ3n) is 5.39. The maximum absolute atomic E-state index is 5.68. The number of hydrogen-bond acceptors (Lipinski definition) is 7. The summed E-state index contributed by atoms with van der Waals surface area (Å²) in [5.41, 5.74) is 3.50. The number of ether oxygens (including phenoxy) is 3. The fourth-order valence-electron chi connectivity index (χ4n) is 3.88. The first-order valence-corrected chi connectivity index (χ1v) is 9.86. The molecule has 28 heavy (non-hydrogen) atoms. The van der Waals surface area contributed by atoms with Gasteiger partial charge in [-0.1, -0.05) is 0 Å². The van der Waals surface area contributed by atoms with E-state index < -0.39 is 0 Å². The smallest absolute Gasteiger partial charge is 0.224 e. The molecule has 1 aromatic carbocycles. The van der Waals surface area contributed by atoms with Crippen LogP contribution in [0.2, 0.25) is 0 Å². The van der Waals surface area contributed by atoms with Crippen LogP contribution in [-0.4, -0.2) is 50.0 Å². The predicted octanol–water partition coefficient (Wildman–Crippen LogP) is 2.96. The van der Waals surface area contributed by atoms with Gasteiger partial charge in [-0.05, 0) is 49.4 Å². The lowest BCUT2D eigenvalue weighted by atomic mass is 9.99. The van der Waals surface area contributed by atoms with Gasteiger partial charge < -0.3 is 24.4 Å². The Morgan fingerprint density at radius 3 is 2.64 bits per heavy atom. The maximum atomic E-state index is 5.68. The molecule has 2 aromatic rings. The summed E-state index contributed by atoms with van der Waals surface area (Å²) in [6.45, 7) is 5.31. The molecule has 7 nitrogen and oxygen atoms in total. The van der Waals surface area contributed by atoms with Gasteiger partial charge in [0.2, 0.25) is 5.95 Å². The predicted molar refractivity (Wildman–Crippen MR) is 109 cm³/mol. The lowest BCUT2D eigenvalue weighted by Gasteiger charge is -2.30. The zero-order valence-corrected chi connectivity index (χ0v) is 16.8. The van der Waals surface area contributed by atoms with Crippen molar-refractivity contribution in [2.45, 2.75) is 38.8 Å². The molecule has 7 heteroatoms. The van der Waals surface area contributed by atoms with E-state index in [1.807, 2.05) is 13.0 Å².